The molecule has 1 aliphatic rings. The van der Waals surface area contributed by atoms with Crippen molar-refractivity contribution in [2.24, 2.45) is 0 Å². The fourth-order valence-corrected chi connectivity index (χ4v) is 5.14. The summed E-state index contributed by atoms with van der Waals surface area (Å²) >= 11 is 0. The smallest absolute Gasteiger partial charge is 0.261 e. The predicted molar refractivity (Wildman–Crippen MR) is 126 cm³/mol. The van der Waals surface area contributed by atoms with Gasteiger partial charge in [0.15, 0.2) is 11.5 Å². The van der Waals surface area contributed by atoms with Crippen molar-refractivity contribution in [2.75, 3.05) is 17.8 Å². The topological polar surface area (TPSA) is 92.5 Å². The third-order valence-electron chi connectivity index (χ3n) is 5.95. The van der Waals surface area contributed by atoms with E-state index in [-0.39, 0.29) is 22.4 Å². The van der Waals surface area contributed by atoms with Gasteiger partial charge in [-0.3, -0.25) is 9.52 Å². The highest BCUT2D eigenvalue weighted by molar-refractivity contribution is 7.92. The van der Waals surface area contributed by atoms with Gasteiger partial charge in [0, 0.05) is 30.3 Å². The molecule has 0 aliphatic carbocycles. The number of anilines is 1. The van der Waals surface area contributed by atoms with Crippen LogP contribution in [-0.2, 0) is 10.0 Å². The number of carbonyl (C=O) groups is 1. The number of para-hydroxylation sites is 2. The number of hydrogen-bond acceptors (Lipinski definition) is 5. The van der Waals surface area contributed by atoms with Crippen LogP contribution in [0.2, 0.25) is 0 Å². The van der Waals surface area contributed by atoms with Crippen LogP contribution < -0.4 is 4.72 Å². The molecule has 7 nitrogen and oxygen atoms in total. The summed E-state index contributed by atoms with van der Waals surface area (Å²) < 4.78 is 46.5. The molecule has 34 heavy (non-hydrogen) atoms. The van der Waals surface area contributed by atoms with E-state index in [1.165, 1.54) is 48.5 Å². The highest BCUT2D eigenvalue weighted by Crippen LogP contribution is 2.30. The zero-order valence-corrected chi connectivity index (χ0v) is 19.0. The Morgan fingerprint density at radius 1 is 0.971 bits per heavy atom. The first kappa shape index (κ1) is 22.1. The van der Waals surface area contributed by atoms with Gasteiger partial charge in [-0.1, -0.05) is 12.1 Å². The number of halogens is 1. The molecular weight excluding hydrogens is 457 g/mol. The summed E-state index contributed by atoms with van der Waals surface area (Å²) in [6.45, 7) is 1.13. The summed E-state index contributed by atoms with van der Waals surface area (Å²) in [6.07, 6.45) is 1.49. The maximum atomic E-state index is 13.0. The molecular formula is C25H22FN3O4S. The number of fused-ring (bicyclic) bond motifs is 1. The molecule has 0 atom stereocenters. The Morgan fingerprint density at radius 3 is 2.32 bits per heavy atom. The van der Waals surface area contributed by atoms with Crippen LogP contribution in [0.25, 0.3) is 11.1 Å². The fraction of sp³-hybridized carbons (Fsp3) is 0.200. The van der Waals surface area contributed by atoms with Gasteiger partial charge in [0.05, 0.1) is 4.90 Å². The second kappa shape index (κ2) is 8.90. The molecule has 1 aromatic heterocycles. The number of oxazole rings is 1. The zero-order chi connectivity index (χ0) is 23.7. The van der Waals surface area contributed by atoms with Crippen LogP contribution in [0.5, 0.6) is 0 Å². The first-order valence-electron chi connectivity index (χ1n) is 10.9. The van der Waals surface area contributed by atoms with E-state index < -0.39 is 15.8 Å². The van der Waals surface area contributed by atoms with Crippen LogP contribution >= 0.6 is 0 Å². The summed E-state index contributed by atoms with van der Waals surface area (Å²) in [7, 11) is -3.86. The molecule has 2 heterocycles. The van der Waals surface area contributed by atoms with E-state index in [9.17, 15) is 17.6 Å². The summed E-state index contributed by atoms with van der Waals surface area (Å²) in [5.41, 5.74) is 2.27. The molecule has 0 bridgehead atoms. The number of aromatic nitrogens is 1. The summed E-state index contributed by atoms with van der Waals surface area (Å²) in [5, 5.41) is 0. The maximum Gasteiger partial charge on any atom is 0.261 e. The number of nitrogens with zero attached hydrogens (tertiary/aromatic N) is 2. The van der Waals surface area contributed by atoms with Crippen molar-refractivity contribution < 1.29 is 22.0 Å². The van der Waals surface area contributed by atoms with E-state index in [2.05, 4.69) is 9.71 Å². The molecule has 0 spiro atoms. The van der Waals surface area contributed by atoms with Crippen molar-refractivity contribution >= 4 is 32.7 Å². The SMILES string of the molecule is O=C(c1ccc(S(=O)(=O)Nc2ccc(F)cc2)cc1)N1CCC(c2nc3ccccc3o2)CC1. The van der Waals surface area contributed by atoms with E-state index in [1.807, 2.05) is 24.3 Å². The van der Waals surface area contributed by atoms with Gasteiger partial charge in [-0.05, 0) is 73.5 Å². The molecule has 9 heteroatoms. The van der Waals surface area contributed by atoms with Gasteiger partial charge < -0.3 is 9.32 Å². The Bertz CT molecular complexity index is 1390. The lowest BCUT2D eigenvalue weighted by molar-refractivity contribution is 0.0706. The second-order valence-corrected chi connectivity index (χ2v) is 9.91. The van der Waals surface area contributed by atoms with Gasteiger partial charge in [0.2, 0.25) is 0 Å². The lowest BCUT2D eigenvalue weighted by Gasteiger charge is -2.30. The number of likely N-dealkylation sites (tertiary alicyclic amines) is 1. The van der Waals surface area contributed by atoms with Crippen LogP contribution in [0.1, 0.15) is 35.0 Å². The Balaban J connectivity index is 1.22. The minimum absolute atomic E-state index is 0.0167. The average Bonchev–Trinajstić information content (AvgIpc) is 3.29. The number of amides is 1. The normalized spacial score (nSPS) is 14.9. The third kappa shape index (κ3) is 4.51. The number of sulfonamides is 1. The molecule has 4 aromatic rings. The Kier molecular flexibility index (Phi) is 5.79. The van der Waals surface area contributed by atoms with Crippen LogP contribution in [0.15, 0.2) is 82.1 Å². The Hall–Kier alpha value is -3.72. The number of piperidine rings is 1. The van der Waals surface area contributed by atoms with E-state index in [4.69, 9.17) is 4.42 Å². The quantitative estimate of drug-likeness (QED) is 0.444. The van der Waals surface area contributed by atoms with Crippen LogP contribution in [-0.4, -0.2) is 37.3 Å². The Labute approximate surface area is 196 Å². The molecule has 0 radical (unpaired) electrons. The minimum atomic E-state index is -3.86. The van der Waals surface area contributed by atoms with Crippen LogP contribution in [0, 0.1) is 5.82 Å². The van der Waals surface area contributed by atoms with Crippen LogP contribution in [0.3, 0.4) is 0 Å². The van der Waals surface area contributed by atoms with E-state index in [0.717, 1.165) is 23.9 Å². The Morgan fingerprint density at radius 2 is 1.65 bits per heavy atom. The zero-order valence-electron chi connectivity index (χ0n) is 18.1. The molecule has 1 fully saturated rings. The van der Waals surface area contributed by atoms with Crippen molar-refractivity contribution in [2.45, 2.75) is 23.7 Å². The first-order chi connectivity index (χ1) is 16.4. The van der Waals surface area contributed by atoms with Crippen molar-refractivity contribution in [3.63, 3.8) is 0 Å². The lowest BCUT2D eigenvalue weighted by atomic mass is 9.96. The highest BCUT2D eigenvalue weighted by atomic mass is 32.2. The van der Waals surface area contributed by atoms with E-state index in [0.29, 0.717) is 24.5 Å². The van der Waals surface area contributed by atoms with Gasteiger partial charge in [0.1, 0.15) is 11.3 Å². The number of rotatable bonds is 5. The summed E-state index contributed by atoms with van der Waals surface area (Å²) in [6, 6.07) is 18.5. The molecule has 5 rings (SSSR count). The molecule has 1 N–H and O–H groups in total. The van der Waals surface area contributed by atoms with E-state index in [1.54, 1.807) is 4.90 Å². The monoisotopic (exact) mass is 479 g/mol. The number of nitrogens with one attached hydrogen (secondary N) is 1. The van der Waals surface area contributed by atoms with Crippen molar-refractivity contribution in [3.8, 4) is 0 Å². The van der Waals surface area contributed by atoms with E-state index >= 15 is 0 Å². The minimum Gasteiger partial charge on any atom is -0.440 e. The molecule has 3 aromatic carbocycles. The van der Waals surface area contributed by atoms with Gasteiger partial charge in [0.25, 0.3) is 15.9 Å². The van der Waals surface area contributed by atoms with Crippen molar-refractivity contribution in [1.29, 1.82) is 0 Å². The lowest BCUT2D eigenvalue weighted by Crippen LogP contribution is -2.38. The molecule has 174 valence electrons. The van der Waals surface area contributed by atoms with Gasteiger partial charge >= 0.3 is 0 Å². The number of benzene rings is 3. The highest BCUT2D eigenvalue weighted by Gasteiger charge is 2.28. The summed E-state index contributed by atoms with van der Waals surface area (Å²) in [4.78, 5) is 19.3. The first-order valence-corrected chi connectivity index (χ1v) is 12.4. The molecule has 0 unspecified atom stereocenters. The molecule has 1 aliphatic heterocycles. The summed E-state index contributed by atoms with van der Waals surface area (Å²) in [5.74, 6) is 0.258. The second-order valence-electron chi connectivity index (χ2n) is 8.22. The molecule has 1 saturated heterocycles. The van der Waals surface area contributed by atoms with Crippen molar-refractivity contribution in [3.05, 3.63) is 90.1 Å². The van der Waals surface area contributed by atoms with Crippen molar-refractivity contribution in [1.82, 2.24) is 9.88 Å². The van der Waals surface area contributed by atoms with Crippen LogP contribution in [0.4, 0.5) is 10.1 Å². The largest absolute Gasteiger partial charge is 0.440 e. The maximum absolute atomic E-state index is 13.0. The van der Waals surface area contributed by atoms with Gasteiger partial charge in [-0.25, -0.2) is 17.8 Å². The third-order valence-corrected chi connectivity index (χ3v) is 7.35. The number of hydrogen-bond donors (Lipinski definition) is 1. The number of carbonyl (C=O) groups excluding carboxylic acids is 1. The fourth-order valence-electron chi connectivity index (χ4n) is 4.09. The van der Waals surface area contributed by atoms with Gasteiger partial charge in [-0.15, -0.1) is 0 Å². The standard InChI is InChI=1S/C25H22FN3O4S/c26-19-7-9-20(10-8-19)28-34(31,32)21-11-5-18(6-12-21)25(30)29-15-13-17(14-16-29)24-27-22-3-1-2-4-23(22)33-24/h1-12,17,28H,13-16H2. The van der Waals surface area contributed by atoms with Gasteiger partial charge in [-0.2, -0.15) is 0 Å². The molecule has 0 saturated carbocycles. The predicted octanol–water partition coefficient (Wildman–Crippen LogP) is 4.79. The molecule has 1 amide bonds. The average molecular weight is 480 g/mol.